The molecule has 6 heteroatoms. The molecule has 0 aromatic heterocycles. The van der Waals surface area contributed by atoms with Crippen LogP contribution in [-0.4, -0.2) is 67.4 Å². The van der Waals surface area contributed by atoms with Gasteiger partial charge >= 0.3 is 0 Å². The molecule has 1 unspecified atom stereocenters. The van der Waals surface area contributed by atoms with Gasteiger partial charge in [0.15, 0.2) is 0 Å². The Morgan fingerprint density at radius 1 is 1.17 bits per heavy atom. The van der Waals surface area contributed by atoms with Gasteiger partial charge < -0.3 is 4.90 Å². The molecule has 1 heterocycles. The number of amides is 1. The Morgan fingerprint density at radius 2 is 1.92 bits per heavy atom. The van der Waals surface area contributed by atoms with Crippen molar-refractivity contribution in [1.82, 2.24) is 14.7 Å². The molecule has 1 fully saturated rings. The lowest BCUT2D eigenvalue weighted by Gasteiger charge is -2.28. The van der Waals surface area contributed by atoms with E-state index in [0.717, 1.165) is 39.0 Å². The van der Waals surface area contributed by atoms with Crippen LogP contribution in [0.15, 0.2) is 12.1 Å². The average Bonchev–Trinajstić information content (AvgIpc) is 2.87. The zero-order valence-corrected chi connectivity index (χ0v) is 14.4. The summed E-state index contributed by atoms with van der Waals surface area (Å²) in [6, 6.07) is 2.43. The fraction of sp³-hybridized carbons (Fsp3) is 0.611. The number of halogens is 2. The van der Waals surface area contributed by atoms with Crippen LogP contribution < -0.4 is 0 Å². The molecule has 0 radical (unpaired) electrons. The molecule has 1 aliphatic heterocycles. The van der Waals surface area contributed by atoms with E-state index in [-0.39, 0.29) is 23.6 Å². The van der Waals surface area contributed by atoms with Gasteiger partial charge in [-0.25, -0.2) is 8.78 Å². The van der Waals surface area contributed by atoms with E-state index >= 15 is 0 Å². The van der Waals surface area contributed by atoms with Crippen molar-refractivity contribution in [2.24, 2.45) is 0 Å². The summed E-state index contributed by atoms with van der Waals surface area (Å²) < 4.78 is 28.2. The zero-order valence-electron chi connectivity index (χ0n) is 14.4. The summed E-state index contributed by atoms with van der Waals surface area (Å²) in [4.78, 5) is 17.9. The summed E-state index contributed by atoms with van der Waals surface area (Å²) in [5.74, 6) is -0.484. The Bertz CT molecular complexity index is 621. The summed E-state index contributed by atoms with van der Waals surface area (Å²) in [6.45, 7) is 3.70. The number of hydrogen-bond donors (Lipinski definition) is 0. The second-order valence-corrected chi connectivity index (χ2v) is 6.93. The topological polar surface area (TPSA) is 26.8 Å². The lowest BCUT2D eigenvalue weighted by molar-refractivity contribution is -0.129. The van der Waals surface area contributed by atoms with E-state index in [2.05, 4.69) is 9.80 Å². The number of likely N-dealkylation sites (N-methyl/N-ethyl adjacent to an activating group) is 1. The van der Waals surface area contributed by atoms with Gasteiger partial charge in [0, 0.05) is 45.3 Å². The third-order valence-electron chi connectivity index (χ3n) is 5.17. The van der Waals surface area contributed by atoms with Crippen molar-refractivity contribution < 1.29 is 13.6 Å². The van der Waals surface area contributed by atoms with Gasteiger partial charge in [-0.1, -0.05) is 0 Å². The van der Waals surface area contributed by atoms with Crippen LogP contribution in [0.5, 0.6) is 0 Å². The molecular formula is C18H25F2N3O. The van der Waals surface area contributed by atoms with Crippen LogP contribution in [0, 0.1) is 11.6 Å². The third kappa shape index (κ3) is 3.44. The first-order chi connectivity index (χ1) is 11.5. The Kier molecular flexibility index (Phi) is 5.15. The highest BCUT2D eigenvalue weighted by molar-refractivity contribution is 5.77. The van der Waals surface area contributed by atoms with Gasteiger partial charge in [0.2, 0.25) is 5.91 Å². The highest BCUT2D eigenvalue weighted by atomic mass is 19.1. The van der Waals surface area contributed by atoms with Crippen LogP contribution in [0.3, 0.4) is 0 Å². The lowest BCUT2D eigenvalue weighted by atomic mass is 10.1. The minimum Gasteiger partial charge on any atom is -0.348 e. The molecule has 1 aromatic rings. The van der Waals surface area contributed by atoms with Gasteiger partial charge in [0.25, 0.3) is 0 Å². The molecule has 0 N–H and O–H groups in total. The van der Waals surface area contributed by atoms with Gasteiger partial charge in [-0.2, -0.15) is 0 Å². The van der Waals surface area contributed by atoms with Crippen LogP contribution in [0.25, 0.3) is 0 Å². The number of benzene rings is 1. The molecule has 1 amide bonds. The minimum atomic E-state index is -0.294. The van der Waals surface area contributed by atoms with Gasteiger partial charge in [0.1, 0.15) is 11.6 Å². The largest absolute Gasteiger partial charge is 0.348 e. The summed E-state index contributed by atoms with van der Waals surface area (Å²) in [5.41, 5.74) is 1.09. The van der Waals surface area contributed by atoms with Gasteiger partial charge in [-0.3, -0.25) is 14.6 Å². The number of nitrogens with zero attached hydrogens (tertiary/aromatic N) is 3. The fourth-order valence-corrected chi connectivity index (χ4v) is 3.81. The van der Waals surface area contributed by atoms with Crippen LogP contribution >= 0.6 is 0 Å². The molecule has 1 saturated heterocycles. The highest BCUT2D eigenvalue weighted by Crippen LogP contribution is 2.39. The molecule has 132 valence electrons. The number of carbonyl (C=O) groups is 1. The van der Waals surface area contributed by atoms with Gasteiger partial charge in [0.05, 0.1) is 6.54 Å². The summed E-state index contributed by atoms with van der Waals surface area (Å²) in [5, 5.41) is 0. The van der Waals surface area contributed by atoms with E-state index in [1.807, 2.05) is 0 Å². The molecule has 1 aliphatic carbocycles. The SMILES string of the molecule is CN(C)C(=O)CN1CCCN(C2CCc3c(F)ccc(F)c32)CC1. The number of rotatable bonds is 3. The van der Waals surface area contributed by atoms with Crippen molar-refractivity contribution in [1.29, 1.82) is 0 Å². The van der Waals surface area contributed by atoms with Crippen molar-refractivity contribution in [2.75, 3.05) is 46.8 Å². The van der Waals surface area contributed by atoms with E-state index in [1.54, 1.807) is 19.0 Å². The first kappa shape index (κ1) is 17.3. The molecule has 3 rings (SSSR count). The maximum Gasteiger partial charge on any atom is 0.236 e. The van der Waals surface area contributed by atoms with Crippen LogP contribution in [-0.2, 0) is 11.2 Å². The molecule has 4 nitrogen and oxygen atoms in total. The van der Waals surface area contributed by atoms with Crippen LogP contribution in [0.1, 0.15) is 30.0 Å². The number of hydrogen-bond acceptors (Lipinski definition) is 3. The molecule has 0 bridgehead atoms. The number of carbonyl (C=O) groups excluding carboxylic acids is 1. The smallest absolute Gasteiger partial charge is 0.236 e. The Morgan fingerprint density at radius 3 is 2.67 bits per heavy atom. The van der Waals surface area contributed by atoms with Crippen LogP contribution in [0.4, 0.5) is 8.78 Å². The van der Waals surface area contributed by atoms with E-state index in [4.69, 9.17) is 0 Å². The Balaban J connectivity index is 1.68. The van der Waals surface area contributed by atoms with E-state index in [1.165, 1.54) is 12.1 Å². The monoisotopic (exact) mass is 337 g/mol. The minimum absolute atomic E-state index is 0.0415. The molecule has 0 spiro atoms. The summed E-state index contributed by atoms with van der Waals surface area (Å²) >= 11 is 0. The third-order valence-corrected chi connectivity index (χ3v) is 5.17. The van der Waals surface area contributed by atoms with Gasteiger partial charge in [-0.05, 0) is 43.5 Å². The van der Waals surface area contributed by atoms with Crippen LogP contribution in [0.2, 0.25) is 0 Å². The van der Waals surface area contributed by atoms with Gasteiger partial charge in [-0.15, -0.1) is 0 Å². The molecule has 1 aromatic carbocycles. The zero-order chi connectivity index (χ0) is 17.3. The highest BCUT2D eigenvalue weighted by Gasteiger charge is 2.33. The van der Waals surface area contributed by atoms with Crippen molar-refractivity contribution in [3.05, 3.63) is 34.9 Å². The first-order valence-corrected chi connectivity index (χ1v) is 8.60. The van der Waals surface area contributed by atoms with Crippen molar-refractivity contribution >= 4 is 5.91 Å². The molecular weight excluding hydrogens is 312 g/mol. The summed E-state index contributed by atoms with van der Waals surface area (Å²) in [6.07, 6.45) is 2.30. The Hall–Kier alpha value is -1.53. The molecule has 0 saturated carbocycles. The first-order valence-electron chi connectivity index (χ1n) is 8.60. The van der Waals surface area contributed by atoms with Crippen molar-refractivity contribution in [3.63, 3.8) is 0 Å². The van der Waals surface area contributed by atoms with E-state index in [0.29, 0.717) is 24.1 Å². The molecule has 1 atom stereocenters. The standard InChI is InChI=1S/C18H25F2N3O/c1-21(2)17(24)12-22-8-3-9-23(11-10-22)16-7-4-13-14(19)5-6-15(20)18(13)16/h5-6,16H,3-4,7-12H2,1-2H3. The molecule has 24 heavy (non-hydrogen) atoms. The molecule has 2 aliphatic rings. The number of fused-ring (bicyclic) bond motifs is 1. The normalized spacial score (nSPS) is 22.2. The predicted octanol–water partition coefficient (Wildman–Crippen LogP) is 2.05. The van der Waals surface area contributed by atoms with Crippen molar-refractivity contribution in [2.45, 2.75) is 25.3 Å². The average molecular weight is 337 g/mol. The maximum absolute atomic E-state index is 14.3. The maximum atomic E-state index is 14.3. The fourth-order valence-electron chi connectivity index (χ4n) is 3.81. The Labute approximate surface area is 142 Å². The van der Waals surface area contributed by atoms with E-state index in [9.17, 15) is 13.6 Å². The predicted molar refractivity (Wildman–Crippen MR) is 88.7 cm³/mol. The summed E-state index contributed by atoms with van der Waals surface area (Å²) in [7, 11) is 3.53. The quantitative estimate of drug-likeness (QED) is 0.845. The van der Waals surface area contributed by atoms with Crippen molar-refractivity contribution in [3.8, 4) is 0 Å². The second-order valence-electron chi connectivity index (χ2n) is 6.93. The van der Waals surface area contributed by atoms with E-state index < -0.39 is 0 Å². The second kappa shape index (κ2) is 7.15. The lowest BCUT2D eigenvalue weighted by Crippen LogP contribution is -2.39.